The minimum Gasteiger partial charge on any atom is -0.435 e. The Balaban J connectivity index is 1.57. The molecule has 0 saturated heterocycles. The number of anilines is 1. The maximum Gasteiger partial charge on any atom is 0.387 e. The van der Waals surface area contributed by atoms with Crippen LogP contribution < -0.4 is 15.8 Å². The number of aliphatic imine (C=N–C) groups is 1. The Kier molecular flexibility index (Phi) is 7.25. The van der Waals surface area contributed by atoms with Crippen molar-refractivity contribution >= 4 is 23.5 Å². The van der Waals surface area contributed by atoms with Gasteiger partial charge in [0.2, 0.25) is 5.91 Å². The van der Waals surface area contributed by atoms with Crippen molar-refractivity contribution in [3.05, 3.63) is 95.6 Å². The van der Waals surface area contributed by atoms with E-state index in [2.05, 4.69) is 15.0 Å². The lowest BCUT2D eigenvalue weighted by Crippen LogP contribution is -2.41. The van der Waals surface area contributed by atoms with Crippen molar-refractivity contribution in [2.24, 2.45) is 10.7 Å². The van der Waals surface area contributed by atoms with Gasteiger partial charge in [0.25, 0.3) is 5.91 Å². The third-order valence-electron chi connectivity index (χ3n) is 5.65. The molecule has 36 heavy (non-hydrogen) atoms. The van der Waals surface area contributed by atoms with Crippen molar-refractivity contribution in [2.75, 3.05) is 19.0 Å². The van der Waals surface area contributed by atoms with Crippen LogP contribution in [0, 0.1) is 0 Å². The molecule has 0 saturated carbocycles. The summed E-state index contributed by atoms with van der Waals surface area (Å²) in [6.07, 6.45) is 0. The number of hydrogen-bond acceptors (Lipinski definition) is 6. The molecular weight excluding hydrogens is 470 g/mol. The monoisotopic (exact) mass is 494 g/mol. The molecule has 1 aliphatic rings. The van der Waals surface area contributed by atoms with E-state index in [1.807, 2.05) is 30.3 Å². The highest BCUT2D eigenvalue weighted by Crippen LogP contribution is 2.40. The summed E-state index contributed by atoms with van der Waals surface area (Å²) in [6.45, 7) is -2.85. The Morgan fingerprint density at radius 2 is 1.78 bits per heavy atom. The van der Waals surface area contributed by atoms with Crippen molar-refractivity contribution < 1.29 is 27.8 Å². The molecular formula is C26H24F2N4O4. The van der Waals surface area contributed by atoms with Gasteiger partial charge in [0.05, 0.1) is 6.61 Å². The maximum atomic E-state index is 13.4. The summed E-state index contributed by atoms with van der Waals surface area (Å²) < 4.78 is 35.0. The van der Waals surface area contributed by atoms with E-state index in [-0.39, 0.29) is 30.8 Å². The smallest absolute Gasteiger partial charge is 0.387 e. The van der Waals surface area contributed by atoms with Gasteiger partial charge in [0.1, 0.15) is 12.4 Å². The van der Waals surface area contributed by atoms with Crippen LogP contribution in [-0.2, 0) is 26.5 Å². The minimum atomic E-state index is -2.98. The van der Waals surface area contributed by atoms with Crippen LogP contribution in [0.3, 0.4) is 0 Å². The molecule has 0 aromatic heterocycles. The number of nitrogens with one attached hydrogen (secondary N) is 1. The number of carbonyl (C=O) groups excluding carboxylic acids is 2. The maximum absolute atomic E-state index is 13.4. The second-order valence-electron chi connectivity index (χ2n) is 8.05. The van der Waals surface area contributed by atoms with E-state index in [1.54, 1.807) is 24.3 Å². The Bertz CT molecular complexity index is 1270. The van der Waals surface area contributed by atoms with Crippen LogP contribution in [0.15, 0.2) is 83.9 Å². The number of benzene rings is 3. The Morgan fingerprint density at radius 1 is 1.06 bits per heavy atom. The minimum absolute atomic E-state index is 0.00309. The zero-order chi connectivity index (χ0) is 25.7. The topological polar surface area (TPSA) is 106 Å². The van der Waals surface area contributed by atoms with Crippen molar-refractivity contribution in [3.8, 4) is 5.75 Å². The van der Waals surface area contributed by atoms with Crippen molar-refractivity contribution in [1.82, 2.24) is 4.90 Å². The van der Waals surface area contributed by atoms with Gasteiger partial charge in [0.15, 0.2) is 11.5 Å². The predicted molar refractivity (Wildman–Crippen MR) is 129 cm³/mol. The highest BCUT2D eigenvalue weighted by Gasteiger charge is 2.49. The SMILES string of the molecule is CN1C(=O)C(c2ccc(OC(F)F)cc2)(c2cccc(NC(=O)COCc3ccccc3)c2)N=C1N. The lowest BCUT2D eigenvalue weighted by molar-refractivity contribution is -0.129. The van der Waals surface area contributed by atoms with Gasteiger partial charge in [-0.15, -0.1) is 0 Å². The van der Waals surface area contributed by atoms with Gasteiger partial charge in [0, 0.05) is 12.7 Å². The molecule has 0 aliphatic carbocycles. The number of guanidine groups is 1. The molecule has 3 aromatic rings. The molecule has 0 fully saturated rings. The molecule has 3 aromatic carbocycles. The summed E-state index contributed by atoms with van der Waals surface area (Å²) in [5.74, 6) is -0.867. The Hall–Kier alpha value is -4.31. The summed E-state index contributed by atoms with van der Waals surface area (Å²) in [6, 6.07) is 21.7. The molecule has 1 aliphatic heterocycles. The van der Waals surface area contributed by atoms with Crippen molar-refractivity contribution in [3.63, 3.8) is 0 Å². The number of likely N-dealkylation sites (N-methyl/N-ethyl adjacent to an activating group) is 1. The normalized spacial score (nSPS) is 17.3. The lowest BCUT2D eigenvalue weighted by atomic mass is 9.82. The van der Waals surface area contributed by atoms with E-state index in [4.69, 9.17) is 10.5 Å². The van der Waals surface area contributed by atoms with Crippen LogP contribution in [-0.4, -0.2) is 42.9 Å². The van der Waals surface area contributed by atoms with Crippen LogP contribution in [0.1, 0.15) is 16.7 Å². The number of carbonyl (C=O) groups is 2. The lowest BCUT2D eigenvalue weighted by Gasteiger charge is -2.26. The fraction of sp³-hybridized carbons (Fsp3) is 0.192. The Labute approximate surface area is 206 Å². The number of alkyl halides is 2. The average molecular weight is 494 g/mol. The van der Waals surface area contributed by atoms with E-state index in [1.165, 1.54) is 36.2 Å². The van der Waals surface area contributed by atoms with Gasteiger partial charge >= 0.3 is 6.61 Å². The molecule has 3 N–H and O–H groups in total. The number of rotatable bonds is 9. The standard InChI is InChI=1S/C26H24F2N4O4/c1-32-23(34)26(31-25(32)29,18-10-12-21(13-11-18)36-24(27)28)19-8-5-9-20(14-19)30-22(33)16-35-15-17-6-3-2-4-7-17/h2-14,24H,15-16H2,1H3,(H2,29,31)(H,30,33). The zero-order valence-corrected chi connectivity index (χ0v) is 19.4. The fourth-order valence-corrected chi connectivity index (χ4v) is 3.92. The summed E-state index contributed by atoms with van der Waals surface area (Å²) in [4.78, 5) is 31.5. The van der Waals surface area contributed by atoms with Gasteiger partial charge in [-0.1, -0.05) is 54.6 Å². The first kappa shape index (κ1) is 24.8. The van der Waals surface area contributed by atoms with Crippen LogP contribution in [0.4, 0.5) is 14.5 Å². The Morgan fingerprint density at radius 3 is 2.42 bits per heavy atom. The third kappa shape index (κ3) is 5.18. The highest BCUT2D eigenvalue weighted by atomic mass is 19.3. The quantitative estimate of drug-likeness (QED) is 0.474. The summed E-state index contributed by atoms with van der Waals surface area (Å²) >= 11 is 0. The molecule has 0 spiro atoms. The first-order valence-electron chi connectivity index (χ1n) is 11.0. The predicted octanol–water partition coefficient (Wildman–Crippen LogP) is 3.47. The molecule has 1 atom stereocenters. The molecule has 0 bridgehead atoms. The fourth-order valence-electron chi connectivity index (χ4n) is 3.92. The van der Waals surface area contributed by atoms with Gasteiger partial charge in [-0.3, -0.25) is 14.5 Å². The molecule has 8 nitrogen and oxygen atoms in total. The van der Waals surface area contributed by atoms with E-state index < -0.39 is 18.1 Å². The van der Waals surface area contributed by atoms with Gasteiger partial charge in [-0.2, -0.15) is 8.78 Å². The number of amides is 2. The molecule has 186 valence electrons. The molecule has 0 radical (unpaired) electrons. The first-order valence-corrected chi connectivity index (χ1v) is 11.0. The number of nitrogens with two attached hydrogens (primary N) is 1. The third-order valence-corrected chi connectivity index (χ3v) is 5.65. The van der Waals surface area contributed by atoms with Crippen LogP contribution >= 0.6 is 0 Å². The molecule has 1 heterocycles. The zero-order valence-electron chi connectivity index (χ0n) is 19.4. The van der Waals surface area contributed by atoms with Gasteiger partial charge in [-0.05, 0) is 41.0 Å². The van der Waals surface area contributed by atoms with E-state index in [9.17, 15) is 18.4 Å². The second-order valence-corrected chi connectivity index (χ2v) is 8.05. The first-order chi connectivity index (χ1) is 17.3. The van der Waals surface area contributed by atoms with Crippen LogP contribution in [0.2, 0.25) is 0 Å². The number of ether oxygens (including phenoxy) is 2. The van der Waals surface area contributed by atoms with E-state index >= 15 is 0 Å². The summed E-state index contributed by atoms with van der Waals surface area (Å²) in [5.41, 5.74) is 6.62. The molecule has 10 heteroatoms. The molecule has 1 unspecified atom stereocenters. The largest absolute Gasteiger partial charge is 0.435 e. The number of hydrogen-bond donors (Lipinski definition) is 2. The van der Waals surface area contributed by atoms with Gasteiger partial charge < -0.3 is 20.5 Å². The average Bonchev–Trinajstić information content (AvgIpc) is 3.10. The second kappa shape index (κ2) is 10.5. The van der Waals surface area contributed by atoms with E-state index in [0.717, 1.165) is 5.56 Å². The molecule has 2 amide bonds. The van der Waals surface area contributed by atoms with Gasteiger partial charge in [-0.25, -0.2) is 4.99 Å². The highest BCUT2D eigenvalue weighted by molar-refractivity contribution is 6.09. The number of nitrogens with zero attached hydrogens (tertiary/aromatic N) is 2. The van der Waals surface area contributed by atoms with Crippen molar-refractivity contribution in [1.29, 1.82) is 0 Å². The van der Waals surface area contributed by atoms with Crippen LogP contribution in [0.25, 0.3) is 0 Å². The summed E-state index contributed by atoms with van der Waals surface area (Å²) in [7, 11) is 1.49. The van der Waals surface area contributed by atoms with E-state index in [0.29, 0.717) is 16.8 Å². The number of halogens is 2. The molecule has 4 rings (SSSR count). The summed E-state index contributed by atoms with van der Waals surface area (Å²) in [5, 5.41) is 2.76. The van der Waals surface area contributed by atoms with Crippen molar-refractivity contribution in [2.45, 2.75) is 18.8 Å². The van der Waals surface area contributed by atoms with Crippen LogP contribution in [0.5, 0.6) is 5.75 Å².